The molecule has 1 saturated heterocycles. The maximum atomic E-state index is 11.6. The highest BCUT2D eigenvalue weighted by molar-refractivity contribution is 5.93. The van der Waals surface area contributed by atoms with E-state index in [1.165, 1.54) is 0 Å². The summed E-state index contributed by atoms with van der Waals surface area (Å²) in [4.78, 5) is 13.3. The number of nitrogens with one attached hydrogen (secondary N) is 1. The van der Waals surface area contributed by atoms with Gasteiger partial charge in [-0.05, 0) is 25.5 Å². The molecule has 0 spiro atoms. The van der Waals surface area contributed by atoms with Crippen LogP contribution in [-0.4, -0.2) is 23.7 Å². The van der Waals surface area contributed by atoms with Crippen LogP contribution in [0.2, 0.25) is 0 Å². The first-order valence-electron chi connectivity index (χ1n) is 5.04. The van der Waals surface area contributed by atoms with Crippen LogP contribution >= 0.6 is 0 Å². The van der Waals surface area contributed by atoms with Crippen LogP contribution in [-0.2, 0) is 0 Å². The molecule has 1 heterocycles. The number of amides is 2. The van der Waals surface area contributed by atoms with Gasteiger partial charge in [0.1, 0.15) is 5.75 Å². The zero-order valence-electron chi connectivity index (χ0n) is 8.60. The maximum absolute atomic E-state index is 11.6. The number of carbonyl (C=O) groups excluding carboxylic acids is 1. The highest BCUT2D eigenvalue weighted by Crippen LogP contribution is 2.24. The quantitative estimate of drug-likeness (QED) is 0.734. The number of aromatic hydroxyl groups is 1. The third kappa shape index (κ3) is 1.88. The van der Waals surface area contributed by atoms with Crippen LogP contribution in [0.4, 0.5) is 10.5 Å². The zero-order valence-corrected chi connectivity index (χ0v) is 8.60. The lowest BCUT2D eigenvalue weighted by Gasteiger charge is -2.33. The Balaban J connectivity index is 2.31. The number of anilines is 1. The van der Waals surface area contributed by atoms with Crippen molar-refractivity contribution < 1.29 is 9.90 Å². The van der Waals surface area contributed by atoms with Gasteiger partial charge in [0, 0.05) is 24.3 Å². The number of hydrogen-bond donors (Lipinski definition) is 2. The first-order chi connectivity index (χ1) is 7.18. The van der Waals surface area contributed by atoms with Crippen LogP contribution in [0.15, 0.2) is 24.3 Å². The minimum absolute atomic E-state index is 0.0978. The molecular formula is C11H14N2O2. The number of benzene rings is 1. The SMILES string of the molecule is CC1CCNC(=O)N1c1cccc(O)c1. The molecule has 0 bridgehead atoms. The second-order valence-electron chi connectivity index (χ2n) is 3.76. The number of phenolic OH excluding ortho intramolecular Hbond substituents is 1. The molecule has 1 aliphatic heterocycles. The lowest BCUT2D eigenvalue weighted by atomic mass is 10.1. The summed E-state index contributed by atoms with van der Waals surface area (Å²) in [6.07, 6.45) is 0.918. The van der Waals surface area contributed by atoms with Crippen LogP contribution in [0.1, 0.15) is 13.3 Å². The summed E-state index contributed by atoms with van der Waals surface area (Å²) in [7, 11) is 0. The van der Waals surface area contributed by atoms with Crippen molar-refractivity contribution in [3.8, 4) is 5.75 Å². The molecule has 80 valence electrons. The molecular weight excluding hydrogens is 192 g/mol. The number of phenols is 1. The van der Waals surface area contributed by atoms with Gasteiger partial charge in [0.2, 0.25) is 0 Å². The van der Waals surface area contributed by atoms with E-state index in [4.69, 9.17) is 0 Å². The van der Waals surface area contributed by atoms with Gasteiger partial charge < -0.3 is 10.4 Å². The van der Waals surface area contributed by atoms with Crippen LogP contribution in [0, 0.1) is 0 Å². The second kappa shape index (κ2) is 3.81. The van der Waals surface area contributed by atoms with Crippen LogP contribution in [0.3, 0.4) is 0 Å². The van der Waals surface area contributed by atoms with E-state index in [1.807, 2.05) is 13.0 Å². The van der Waals surface area contributed by atoms with E-state index in [2.05, 4.69) is 5.32 Å². The average Bonchev–Trinajstić information content (AvgIpc) is 2.17. The highest BCUT2D eigenvalue weighted by Gasteiger charge is 2.25. The van der Waals surface area contributed by atoms with Gasteiger partial charge in [0.05, 0.1) is 0 Å². The van der Waals surface area contributed by atoms with Gasteiger partial charge in [-0.25, -0.2) is 4.79 Å². The fourth-order valence-corrected chi connectivity index (χ4v) is 1.82. The van der Waals surface area contributed by atoms with E-state index in [9.17, 15) is 9.90 Å². The summed E-state index contributed by atoms with van der Waals surface area (Å²) < 4.78 is 0. The summed E-state index contributed by atoms with van der Waals surface area (Å²) in [5.74, 6) is 0.179. The van der Waals surface area contributed by atoms with Crippen molar-refractivity contribution in [2.45, 2.75) is 19.4 Å². The monoisotopic (exact) mass is 206 g/mol. The van der Waals surface area contributed by atoms with E-state index in [0.717, 1.165) is 18.7 Å². The van der Waals surface area contributed by atoms with Crippen LogP contribution in [0.25, 0.3) is 0 Å². The van der Waals surface area contributed by atoms with E-state index in [-0.39, 0.29) is 17.8 Å². The number of urea groups is 1. The third-order valence-corrected chi connectivity index (χ3v) is 2.61. The Morgan fingerprint density at radius 2 is 2.33 bits per heavy atom. The molecule has 1 atom stereocenters. The van der Waals surface area contributed by atoms with Gasteiger partial charge in [-0.3, -0.25) is 4.90 Å². The molecule has 2 N–H and O–H groups in total. The molecule has 2 rings (SSSR count). The normalized spacial score (nSPS) is 21.3. The molecule has 0 aromatic heterocycles. The summed E-state index contributed by atoms with van der Waals surface area (Å²) in [5.41, 5.74) is 0.736. The smallest absolute Gasteiger partial charge is 0.322 e. The Bertz CT molecular complexity index is 379. The predicted octanol–water partition coefficient (Wildman–Crippen LogP) is 1.70. The van der Waals surface area contributed by atoms with E-state index in [0.29, 0.717) is 0 Å². The van der Waals surface area contributed by atoms with Crippen molar-refractivity contribution in [1.82, 2.24) is 5.32 Å². The molecule has 0 radical (unpaired) electrons. The standard InChI is InChI=1S/C11H14N2O2/c1-8-5-6-12-11(15)13(8)9-3-2-4-10(14)7-9/h2-4,7-8,14H,5-6H2,1H3,(H,12,15). The Kier molecular flexibility index (Phi) is 2.49. The number of carbonyl (C=O) groups is 1. The van der Waals surface area contributed by atoms with Crippen molar-refractivity contribution in [3.05, 3.63) is 24.3 Å². The van der Waals surface area contributed by atoms with Crippen LogP contribution in [0.5, 0.6) is 5.75 Å². The minimum Gasteiger partial charge on any atom is -0.508 e. The maximum Gasteiger partial charge on any atom is 0.322 e. The molecule has 1 fully saturated rings. The molecule has 1 aromatic carbocycles. The molecule has 0 saturated carbocycles. The lowest BCUT2D eigenvalue weighted by Crippen LogP contribution is -2.51. The van der Waals surface area contributed by atoms with Crippen molar-refractivity contribution >= 4 is 11.7 Å². The number of rotatable bonds is 1. The third-order valence-electron chi connectivity index (χ3n) is 2.61. The Hall–Kier alpha value is -1.71. The lowest BCUT2D eigenvalue weighted by molar-refractivity contribution is 0.239. The van der Waals surface area contributed by atoms with Gasteiger partial charge in [-0.2, -0.15) is 0 Å². The average molecular weight is 206 g/mol. The van der Waals surface area contributed by atoms with Crippen LogP contribution < -0.4 is 10.2 Å². The van der Waals surface area contributed by atoms with Crippen molar-refractivity contribution in [3.63, 3.8) is 0 Å². The summed E-state index contributed by atoms with van der Waals surface area (Å²) in [6.45, 7) is 2.72. The van der Waals surface area contributed by atoms with Gasteiger partial charge in [-0.15, -0.1) is 0 Å². The summed E-state index contributed by atoms with van der Waals surface area (Å²) >= 11 is 0. The van der Waals surface area contributed by atoms with Crippen molar-refractivity contribution in [2.75, 3.05) is 11.4 Å². The van der Waals surface area contributed by atoms with Gasteiger partial charge in [0.15, 0.2) is 0 Å². The molecule has 0 aliphatic carbocycles. The minimum atomic E-state index is -0.0978. The fraction of sp³-hybridized carbons (Fsp3) is 0.364. The summed E-state index contributed by atoms with van der Waals surface area (Å²) in [5, 5.41) is 12.1. The van der Waals surface area contributed by atoms with Crippen molar-refractivity contribution in [1.29, 1.82) is 0 Å². The largest absolute Gasteiger partial charge is 0.508 e. The number of hydrogen-bond acceptors (Lipinski definition) is 2. The van der Waals surface area contributed by atoms with E-state index in [1.54, 1.807) is 23.1 Å². The first kappa shape index (κ1) is 9.83. The van der Waals surface area contributed by atoms with Crippen molar-refractivity contribution in [2.24, 2.45) is 0 Å². The Labute approximate surface area is 88.5 Å². The highest BCUT2D eigenvalue weighted by atomic mass is 16.3. The zero-order chi connectivity index (χ0) is 10.8. The molecule has 1 aliphatic rings. The molecule has 2 amide bonds. The number of nitrogens with zero attached hydrogens (tertiary/aromatic N) is 1. The first-order valence-corrected chi connectivity index (χ1v) is 5.04. The van der Waals surface area contributed by atoms with Gasteiger partial charge in [0.25, 0.3) is 0 Å². The molecule has 4 nitrogen and oxygen atoms in total. The van der Waals surface area contributed by atoms with E-state index < -0.39 is 0 Å². The molecule has 4 heteroatoms. The summed E-state index contributed by atoms with van der Waals surface area (Å²) in [6, 6.07) is 6.82. The topological polar surface area (TPSA) is 52.6 Å². The second-order valence-corrected chi connectivity index (χ2v) is 3.76. The molecule has 15 heavy (non-hydrogen) atoms. The Morgan fingerprint density at radius 1 is 1.53 bits per heavy atom. The fourth-order valence-electron chi connectivity index (χ4n) is 1.82. The van der Waals surface area contributed by atoms with Gasteiger partial charge in [-0.1, -0.05) is 6.07 Å². The van der Waals surface area contributed by atoms with Gasteiger partial charge >= 0.3 is 6.03 Å². The predicted molar refractivity (Wildman–Crippen MR) is 58.1 cm³/mol. The molecule has 1 aromatic rings. The Morgan fingerprint density at radius 3 is 3.00 bits per heavy atom. The molecule has 1 unspecified atom stereocenters. The van der Waals surface area contributed by atoms with E-state index >= 15 is 0 Å².